The lowest BCUT2D eigenvalue weighted by atomic mass is 9.97. The largest absolute Gasteiger partial charge is 0.268 e. The SMILES string of the molecule is O=c1c2c3c(sc2ncn1-c1cccc(Cl)c1)CCCC3. The topological polar surface area (TPSA) is 34.9 Å². The van der Waals surface area contributed by atoms with Crippen molar-refractivity contribution >= 4 is 33.2 Å². The fourth-order valence-corrected chi connectivity index (χ4v) is 4.36. The molecule has 1 aliphatic carbocycles. The molecule has 0 amide bonds. The summed E-state index contributed by atoms with van der Waals surface area (Å²) in [5.74, 6) is 0. The van der Waals surface area contributed by atoms with E-state index in [0.717, 1.165) is 35.2 Å². The van der Waals surface area contributed by atoms with E-state index in [1.54, 1.807) is 34.4 Å². The normalized spacial score (nSPS) is 14.3. The Morgan fingerprint density at radius 2 is 2.10 bits per heavy atom. The minimum atomic E-state index is 0.0154. The number of halogens is 1. The van der Waals surface area contributed by atoms with E-state index in [-0.39, 0.29) is 5.56 Å². The molecule has 1 aliphatic rings. The van der Waals surface area contributed by atoms with Gasteiger partial charge in [-0.05, 0) is 49.4 Å². The molecule has 0 bridgehead atoms. The van der Waals surface area contributed by atoms with Gasteiger partial charge in [0, 0.05) is 9.90 Å². The molecule has 0 fully saturated rings. The Balaban J connectivity index is 2.00. The van der Waals surface area contributed by atoms with Gasteiger partial charge in [0.15, 0.2) is 0 Å². The predicted molar refractivity (Wildman–Crippen MR) is 86.9 cm³/mol. The summed E-state index contributed by atoms with van der Waals surface area (Å²) < 4.78 is 1.59. The van der Waals surface area contributed by atoms with Gasteiger partial charge in [-0.1, -0.05) is 17.7 Å². The smallest absolute Gasteiger partial charge is 0.266 e. The third-order valence-corrected chi connectivity index (χ3v) is 5.40. The Labute approximate surface area is 130 Å². The molecule has 1 aromatic carbocycles. The molecule has 0 atom stereocenters. The molecule has 0 radical (unpaired) electrons. The highest BCUT2D eigenvalue weighted by molar-refractivity contribution is 7.18. The Morgan fingerprint density at radius 1 is 1.24 bits per heavy atom. The zero-order valence-corrected chi connectivity index (χ0v) is 12.9. The van der Waals surface area contributed by atoms with Gasteiger partial charge in [-0.2, -0.15) is 0 Å². The number of hydrogen-bond acceptors (Lipinski definition) is 3. The van der Waals surface area contributed by atoms with Crippen LogP contribution in [0.15, 0.2) is 35.4 Å². The lowest BCUT2D eigenvalue weighted by Crippen LogP contribution is -2.19. The fourth-order valence-electron chi connectivity index (χ4n) is 2.96. The van der Waals surface area contributed by atoms with E-state index in [0.29, 0.717) is 5.02 Å². The van der Waals surface area contributed by atoms with Crippen LogP contribution in [0.25, 0.3) is 15.9 Å². The average Bonchev–Trinajstić information content (AvgIpc) is 2.87. The summed E-state index contributed by atoms with van der Waals surface area (Å²) in [7, 11) is 0. The van der Waals surface area contributed by atoms with E-state index in [1.807, 2.05) is 12.1 Å². The first-order valence-corrected chi connectivity index (χ1v) is 8.21. The van der Waals surface area contributed by atoms with Gasteiger partial charge >= 0.3 is 0 Å². The maximum absolute atomic E-state index is 12.9. The van der Waals surface area contributed by atoms with Gasteiger partial charge in [0.2, 0.25) is 0 Å². The molecule has 4 rings (SSSR count). The van der Waals surface area contributed by atoms with Crippen molar-refractivity contribution in [3.63, 3.8) is 0 Å². The maximum atomic E-state index is 12.9. The zero-order chi connectivity index (χ0) is 14.4. The number of hydrogen-bond donors (Lipinski definition) is 0. The van der Waals surface area contributed by atoms with Crippen LogP contribution in [0.2, 0.25) is 5.02 Å². The van der Waals surface area contributed by atoms with Crippen LogP contribution in [-0.2, 0) is 12.8 Å². The first-order valence-electron chi connectivity index (χ1n) is 7.02. The van der Waals surface area contributed by atoms with Crippen LogP contribution in [-0.4, -0.2) is 9.55 Å². The quantitative estimate of drug-likeness (QED) is 0.680. The minimum Gasteiger partial charge on any atom is -0.268 e. The van der Waals surface area contributed by atoms with Crippen molar-refractivity contribution in [2.75, 3.05) is 0 Å². The van der Waals surface area contributed by atoms with E-state index in [9.17, 15) is 4.79 Å². The molecule has 2 aromatic heterocycles. The molecule has 106 valence electrons. The Morgan fingerprint density at radius 3 is 2.95 bits per heavy atom. The zero-order valence-electron chi connectivity index (χ0n) is 11.3. The molecular weight excluding hydrogens is 304 g/mol. The molecule has 0 unspecified atom stereocenters. The van der Waals surface area contributed by atoms with Crippen LogP contribution in [0.4, 0.5) is 0 Å². The molecule has 3 aromatic rings. The van der Waals surface area contributed by atoms with Crippen LogP contribution in [0.3, 0.4) is 0 Å². The highest BCUT2D eigenvalue weighted by atomic mass is 35.5. The summed E-state index contributed by atoms with van der Waals surface area (Å²) in [4.78, 5) is 19.6. The monoisotopic (exact) mass is 316 g/mol. The van der Waals surface area contributed by atoms with Gasteiger partial charge in [-0.15, -0.1) is 11.3 Å². The molecular formula is C16H13ClN2OS. The first-order chi connectivity index (χ1) is 10.2. The van der Waals surface area contributed by atoms with Crippen LogP contribution in [0, 0.1) is 0 Å². The van der Waals surface area contributed by atoms with Gasteiger partial charge in [0.1, 0.15) is 11.2 Å². The van der Waals surface area contributed by atoms with Crippen molar-refractivity contribution in [1.82, 2.24) is 9.55 Å². The second kappa shape index (κ2) is 4.97. The lowest BCUT2D eigenvalue weighted by Gasteiger charge is -2.10. The van der Waals surface area contributed by atoms with E-state index < -0.39 is 0 Å². The van der Waals surface area contributed by atoms with Gasteiger partial charge in [-0.3, -0.25) is 9.36 Å². The third kappa shape index (κ3) is 2.10. The molecule has 0 saturated heterocycles. The van der Waals surface area contributed by atoms with Crippen molar-refractivity contribution in [1.29, 1.82) is 0 Å². The second-order valence-corrected chi connectivity index (χ2v) is 6.81. The van der Waals surface area contributed by atoms with Crippen LogP contribution in [0.1, 0.15) is 23.3 Å². The summed E-state index contributed by atoms with van der Waals surface area (Å²) in [6, 6.07) is 7.31. The Bertz CT molecular complexity index is 897. The summed E-state index contributed by atoms with van der Waals surface area (Å²) in [6.07, 6.45) is 6.05. The van der Waals surface area contributed by atoms with E-state index >= 15 is 0 Å². The molecule has 5 heteroatoms. The number of thiophene rings is 1. The summed E-state index contributed by atoms with van der Waals surface area (Å²) in [6.45, 7) is 0. The Kier molecular flexibility index (Phi) is 3.08. The molecule has 0 saturated carbocycles. The first kappa shape index (κ1) is 13.0. The number of nitrogens with zero attached hydrogens (tertiary/aromatic N) is 2. The number of aryl methyl sites for hydroxylation is 2. The van der Waals surface area contributed by atoms with Gasteiger partial charge in [-0.25, -0.2) is 4.98 Å². The fraction of sp³-hybridized carbons (Fsp3) is 0.250. The van der Waals surface area contributed by atoms with Crippen molar-refractivity contribution in [2.24, 2.45) is 0 Å². The van der Waals surface area contributed by atoms with E-state index in [4.69, 9.17) is 11.6 Å². The van der Waals surface area contributed by atoms with Crippen molar-refractivity contribution < 1.29 is 0 Å². The van der Waals surface area contributed by atoms with Crippen LogP contribution < -0.4 is 5.56 Å². The molecule has 3 nitrogen and oxygen atoms in total. The van der Waals surface area contributed by atoms with Gasteiger partial charge in [0.25, 0.3) is 5.56 Å². The molecule has 21 heavy (non-hydrogen) atoms. The Hall–Kier alpha value is -1.65. The lowest BCUT2D eigenvalue weighted by molar-refractivity contribution is 0.699. The third-order valence-electron chi connectivity index (χ3n) is 3.96. The minimum absolute atomic E-state index is 0.0154. The van der Waals surface area contributed by atoms with Crippen LogP contribution >= 0.6 is 22.9 Å². The van der Waals surface area contributed by atoms with E-state index in [2.05, 4.69) is 4.98 Å². The van der Waals surface area contributed by atoms with Crippen molar-refractivity contribution in [3.8, 4) is 5.69 Å². The summed E-state index contributed by atoms with van der Waals surface area (Å²) >= 11 is 7.70. The number of benzene rings is 1. The predicted octanol–water partition coefficient (Wildman–Crippen LogP) is 3.98. The molecule has 0 spiro atoms. The van der Waals surface area contributed by atoms with Gasteiger partial charge < -0.3 is 0 Å². The second-order valence-electron chi connectivity index (χ2n) is 5.29. The average molecular weight is 317 g/mol. The van der Waals surface area contributed by atoms with Crippen LogP contribution in [0.5, 0.6) is 0 Å². The number of fused-ring (bicyclic) bond motifs is 3. The molecule has 0 aliphatic heterocycles. The van der Waals surface area contributed by atoms with Crippen molar-refractivity contribution in [3.05, 3.63) is 56.4 Å². The van der Waals surface area contributed by atoms with Gasteiger partial charge in [0.05, 0.1) is 11.1 Å². The highest BCUT2D eigenvalue weighted by Gasteiger charge is 2.20. The maximum Gasteiger partial charge on any atom is 0.266 e. The van der Waals surface area contributed by atoms with E-state index in [1.165, 1.54) is 16.9 Å². The number of aromatic nitrogens is 2. The highest BCUT2D eigenvalue weighted by Crippen LogP contribution is 2.33. The molecule has 2 heterocycles. The summed E-state index contributed by atoms with van der Waals surface area (Å²) in [5.41, 5.74) is 1.99. The standard InChI is InChI=1S/C16H13ClN2OS/c17-10-4-3-5-11(8-10)19-9-18-15-14(16(19)20)12-6-1-2-7-13(12)21-15/h3-5,8-9H,1-2,6-7H2. The molecule has 0 N–H and O–H groups in total. The van der Waals surface area contributed by atoms with Crippen molar-refractivity contribution in [2.45, 2.75) is 25.7 Å². The number of rotatable bonds is 1. The summed E-state index contributed by atoms with van der Waals surface area (Å²) in [5, 5.41) is 1.42.